The molecule has 1 atom stereocenters. The van der Waals surface area contributed by atoms with Crippen molar-refractivity contribution in [1.82, 2.24) is 14.7 Å². The summed E-state index contributed by atoms with van der Waals surface area (Å²) in [6.45, 7) is 1.65. The summed E-state index contributed by atoms with van der Waals surface area (Å²) in [5, 5.41) is 4.27. The molecule has 1 saturated carbocycles. The van der Waals surface area contributed by atoms with E-state index in [0.717, 1.165) is 50.1 Å². The third kappa shape index (κ3) is 2.71. The van der Waals surface area contributed by atoms with E-state index in [1.165, 1.54) is 5.56 Å². The Hall–Kier alpha value is -2.30. The molecule has 5 heteroatoms. The molecule has 1 amide bonds. The summed E-state index contributed by atoms with van der Waals surface area (Å²) < 4.78 is 7.09. The van der Waals surface area contributed by atoms with Gasteiger partial charge in [0.25, 0.3) is 0 Å². The molecule has 132 valence electrons. The van der Waals surface area contributed by atoms with Crippen LogP contribution in [-0.4, -0.2) is 40.8 Å². The van der Waals surface area contributed by atoms with Gasteiger partial charge in [-0.25, -0.2) is 0 Å². The molecule has 2 heterocycles. The zero-order valence-corrected chi connectivity index (χ0v) is 14.9. The molecule has 0 radical (unpaired) electrons. The molecule has 2 fully saturated rings. The van der Waals surface area contributed by atoms with Gasteiger partial charge in [0.1, 0.15) is 5.75 Å². The van der Waals surface area contributed by atoms with Crippen molar-refractivity contribution in [2.24, 2.45) is 7.05 Å². The van der Waals surface area contributed by atoms with E-state index in [1.807, 2.05) is 30.1 Å². The highest BCUT2D eigenvalue weighted by atomic mass is 16.5. The van der Waals surface area contributed by atoms with E-state index >= 15 is 0 Å². The Kier molecular flexibility index (Phi) is 4.02. The van der Waals surface area contributed by atoms with Gasteiger partial charge in [-0.15, -0.1) is 0 Å². The predicted molar refractivity (Wildman–Crippen MR) is 95.7 cm³/mol. The smallest absolute Gasteiger partial charge is 0.233 e. The maximum Gasteiger partial charge on any atom is 0.233 e. The van der Waals surface area contributed by atoms with Crippen LogP contribution in [0.4, 0.5) is 0 Å². The zero-order valence-electron chi connectivity index (χ0n) is 14.9. The second-order valence-corrected chi connectivity index (χ2v) is 7.35. The molecule has 1 saturated heterocycles. The number of aryl methyl sites for hydroxylation is 1. The Bertz CT molecular complexity index is 762. The number of aromatic nitrogens is 2. The highest BCUT2D eigenvalue weighted by Gasteiger charge is 2.48. The molecular weight excluding hydrogens is 314 g/mol. The Morgan fingerprint density at radius 3 is 2.60 bits per heavy atom. The first-order chi connectivity index (χ1) is 12.1. The molecule has 2 aromatic rings. The Labute approximate surface area is 148 Å². The minimum absolute atomic E-state index is 0.301. The standard InChI is InChI=1S/C20H25N3O2/c1-22-13-16(12-21-22)15-8-11-23(14-15)19(24)20(9-3-10-20)17-4-6-18(25-2)7-5-17/h4-7,12-13,15H,3,8-11,14H2,1-2H3. The van der Waals surface area contributed by atoms with E-state index in [9.17, 15) is 4.79 Å². The number of hydrogen-bond donors (Lipinski definition) is 0. The molecule has 1 aromatic carbocycles. The average molecular weight is 339 g/mol. The minimum Gasteiger partial charge on any atom is -0.497 e. The molecule has 5 nitrogen and oxygen atoms in total. The summed E-state index contributed by atoms with van der Waals surface area (Å²) in [5.74, 6) is 1.55. The van der Waals surface area contributed by atoms with Gasteiger partial charge < -0.3 is 9.64 Å². The van der Waals surface area contributed by atoms with Crippen molar-refractivity contribution >= 4 is 5.91 Å². The highest BCUT2D eigenvalue weighted by molar-refractivity contribution is 5.89. The number of rotatable bonds is 4. The fourth-order valence-electron chi connectivity index (χ4n) is 4.24. The molecule has 1 unspecified atom stereocenters. The number of benzene rings is 1. The van der Waals surface area contributed by atoms with Crippen LogP contribution in [-0.2, 0) is 17.3 Å². The van der Waals surface area contributed by atoms with Crippen molar-refractivity contribution in [1.29, 1.82) is 0 Å². The summed E-state index contributed by atoms with van der Waals surface area (Å²) >= 11 is 0. The van der Waals surface area contributed by atoms with E-state index < -0.39 is 0 Å². The Balaban J connectivity index is 1.52. The maximum absolute atomic E-state index is 13.4. The lowest BCUT2D eigenvalue weighted by atomic mass is 9.63. The average Bonchev–Trinajstić information content (AvgIpc) is 3.23. The molecule has 0 N–H and O–H groups in total. The number of likely N-dealkylation sites (tertiary alicyclic amines) is 1. The van der Waals surface area contributed by atoms with Crippen molar-refractivity contribution in [3.8, 4) is 5.75 Å². The lowest BCUT2D eigenvalue weighted by Gasteiger charge is -2.43. The number of nitrogens with zero attached hydrogens (tertiary/aromatic N) is 3. The van der Waals surface area contributed by atoms with Gasteiger partial charge in [-0.3, -0.25) is 9.48 Å². The molecule has 1 aromatic heterocycles. The van der Waals surface area contributed by atoms with Gasteiger partial charge >= 0.3 is 0 Å². The SMILES string of the molecule is COc1ccc(C2(C(=O)N3CCC(c4cnn(C)c4)C3)CCC2)cc1. The molecule has 0 spiro atoms. The van der Waals surface area contributed by atoms with Crippen LogP contribution in [0, 0.1) is 0 Å². The second kappa shape index (κ2) is 6.21. The van der Waals surface area contributed by atoms with Crippen molar-refractivity contribution < 1.29 is 9.53 Å². The van der Waals surface area contributed by atoms with Gasteiger partial charge in [-0.05, 0) is 42.5 Å². The summed E-state index contributed by atoms with van der Waals surface area (Å²) in [4.78, 5) is 15.4. The number of carbonyl (C=O) groups is 1. The van der Waals surface area contributed by atoms with Crippen LogP contribution < -0.4 is 4.74 Å². The van der Waals surface area contributed by atoms with Crippen LogP contribution in [0.5, 0.6) is 5.75 Å². The van der Waals surface area contributed by atoms with Crippen molar-refractivity contribution in [3.63, 3.8) is 0 Å². The van der Waals surface area contributed by atoms with Gasteiger partial charge in [0.05, 0.1) is 18.7 Å². The maximum atomic E-state index is 13.4. The van der Waals surface area contributed by atoms with E-state index in [0.29, 0.717) is 11.8 Å². The largest absolute Gasteiger partial charge is 0.497 e. The van der Waals surface area contributed by atoms with E-state index in [2.05, 4.69) is 28.3 Å². The van der Waals surface area contributed by atoms with Gasteiger partial charge in [0.2, 0.25) is 5.91 Å². The molecule has 25 heavy (non-hydrogen) atoms. The van der Waals surface area contributed by atoms with Crippen LogP contribution in [0.1, 0.15) is 42.7 Å². The predicted octanol–water partition coefficient (Wildman–Crippen LogP) is 2.87. The molecule has 4 rings (SSSR count). The first-order valence-corrected chi connectivity index (χ1v) is 9.05. The summed E-state index contributed by atoms with van der Waals surface area (Å²) in [7, 11) is 3.61. The first-order valence-electron chi connectivity index (χ1n) is 9.05. The Morgan fingerprint density at radius 2 is 2.04 bits per heavy atom. The summed E-state index contributed by atoms with van der Waals surface area (Å²) in [6, 6.07) is 8.05. The Morgan fingerprint density at radius 1 is 1.28 bits per heavy atom. The lowest BCUT2D eigenvalue weighted by Crippen LogP contribution is -2.50. The van der Waals surface area contributed by atoms with E-state index in [4.69, 9.17) is 4.74 Å². The normalized spacial score (nSPS) is 21.8. The number of carbonyl (C=O) groups excluding carboxylic acids is 1. The number of amides is 1. The second-order valence-electron chi connectivity index (χ2n) is 7.35. The van der Waals surface area contributed by atoms with Crippen LogP contribution in [0.25, 0.3) is 0 Å². The molecule has 1 aliphatic carbocycles. The number of hydrogen-bond acceptors (Lipinski definition) is 3. The van der Waals surface area contributed by atoms with E-state index in [-0.39, 0.29) is 5.41 Å². The van der Waals surface area contributed by atoms with Gasteiger partial charge in [-0.2, -0.15) is 5.10 Å². The zero-order chi connectivity index (χ0) is 17.4. The van der Waals surface area contributed by atoms with Gasteiger partial charge in [-0.1, -0.05) is 18.6 Å². The number of methoxy groups -OCH3 is 1. The highest BCUT2D eigenvalue weighted by Crippen LogP contribution is 2.46. The van der Waals surface area contributed by atoms with Crippen LogP contribution in [0.3, 0.4) is 0 Å². The summed E-state index contributed by atoms with van der Waals surface area (Å²) in [6.07, 6.45) is 8.05. The minimum atomic E-state index is -0.323. The first kappa shape index (κ1) is 16.2. The lowest BCUT2D eigenvalue weighted by molar-refractivity contribution is -0.139. The van der Waals surface area contributed by atoms with Crippen LogP contribution in [0.15, 0.2) is 36.7 Å². The van der Waals surface area contributed by atoms with Crippen molar-refractivity contribution in [3.05, 3.63) is 47.8 Å². The molecule has 1 aliphatic heterocycles. The van der Waals surface area contributed by atoms with Crippen molar-refractivity contribution in [2.45, 2.75) is 37.0 Å². The van der Waals surface area contributed by atoms with E-state index in [1.54, 1.807) is 7.11 Å². The van der Waals surface area contributed by atoms with Crippen LogP contribution >= 0.6 is 0 Å². The molecular formula is C20H25N3O2. The van der Waals surface area contributed by atoms with Gasteiger partial charge in [0.15, 0.2) is 0 Å². The fraction of sp³-hybridized carbons (Fsp3) is 0.500. The quantitative estimate of drug-likeness (QED) is 0.860. The summed E-state index contributed by atoms with van der Waals surface area (Å²) in [5.41, 5.74) is 2.05. The monoisotopic (exact) mass is 339 g/mol. The van der Waals surface area contributed by atoms with Crippen LogP contribution in [0.2, 0.25) is 0 Å². The molecule has 0 bridgehead atoms. The molecule has 2 aliphatic rings. The fourth-order valence-corrected chi connectivity index (χ4v) is 4.24. The van der Waals surface area contributed by atoms with Crippen molar-refractivity contribution in [2.75, 3.05) is 20.2 Å². The topological polar surface area (TPSA) is 47.4 Å². The van der Waals surface area contributed by atoms with Gasteiger partial charge in [0, 0.05) is 32.3 Å². The third-order valence-corrected chi connectivity index (χ3v) is 5.93. The number of ether oxygens (including phenoxy) is 1. The third-order valence-electron chi connectivity index (χ3n) is 5.93.